The number of thiophene rings is 1. The second-order valence-corrected chi connectivity index (χ2v) is 5.42. The van der Waals surface area contributed by atoms with E-state index >= 15 is 0 Å². The van der Waals surface area contributed by atoms with Crippen molar-refractivity contribution in [1.82, 2.24) is 10.2 Å². The lowest BCUT2D eigenvalue weighted by Gasteiger charge is -1.95. The van der Waals surface area contributed by atoms with Crippen molar-refractivity contribution in [2.24, 2.45) is 0 Å². The minimum atomic E-state index is -1.16. The topological polar surface area (TPSA) is 63.1 Å². The Morgan fingerprint density at radius 1 is 1.25 bits per heavy atom. The van der Waals surface area contributed by atoms with Crippen molar-refractivity contribution in [1.29, 1.82) is 0 Å². The first-order valence-electron chi connectivity index (χ1n) is 5.51. The number of aromatic carboxylic acids is 1. The highest BCUT2D eigenvalue weighted by atomic mass is 35.5. The number of rotatable bonds is 2. The van der Waals surface area contributed by atoms with E-state index in [1.165, 1.54) is 23.5 Å². The number of fused-ring (bicyclic) bond motifs is 1. The first-order chi connectivity index (χ1) is 9.56. The van der Waals surface area contributed by atoms with Gasteiger partial charge >= 0.3 is 5.97 Å². The van der Waals surface area contributed by atoms with Gasteiger partial charge in [0.15, 0.2) is 10.8 Å². The minimum absolute atomic E-state index is 0.136. The highest BCUT2D eigenvalue weighted by Gasteiger charge is 2.17. The van der Waals surface area contributed by atoms with Gasteiger partial charge in [-0.1, -0.05) is 23.7 Å². The van der Waals surface area contributed by atoms with Crippen LogP contribution in [0.4, 0.5) is 4.39 Å². The standard InChI is InChI=1S/C13H6ClFN2O2S/c14-12-8-5-9(6-1-3-7(15)4-2-6)20-11(8)10(13(18)19)16-17-12/h1-5H,(H,18,19). The second kappa shape index (κ2) is 4.81. The smallest absolute Gasteiger partial charge is 0.357 e. The minimum Gasteiger partial charge on any atom is -0.476 e. The molecule has 100 valence electrons. The molecule has 2 heterocycles. The first kappa shape index (κ1) is 13.0. The van der Waals surface area contributed by atoms with Crippen molar-refractivity contribution in [3.05, 3.63) is 47.0 Å². The Morgan fingerprint density at radius 2 is 1.95 bits per heavy atom. The van der Waals surface area contributed by atoms with Crippen molar-refractivity contribution >= 4 is 39.0 Å². The summed E-state index contributed by atoms with van der Waals surface area (Å²) in [7, 11) is 0. The molecular formula is C13H6ClFN2O2S. The third kappa shape index (κ3) is 2.13. The van der Waals surface area contributed by atoms with Gasteiger partial charge in [-0.3, -0.25) is 0 Å². The average molecular weight is 309 g/mol. The zero-order chi connectivity index (χ0) is 14.3. The van der Waals surface area contributed by atoms with Crippen LogP contribution in [0.25, 0.3) is 20.5 Å². The summed E-state index contributed by atoms with van der Waals surface area (Å²) in [6, 6.07) is 7.66. The van der Waals surface area contributed by atoms with Crippen LogP contribution < -0.4 is 0 Å². The van der Waals surface area contributed by atoms with E-state index < -0.39 is 5.97 Å². The molecule has 0 unspecified atom stereocenters. The molecule has 0 spiro atoms. The number of carbonyl (C=O) groups is 1. The van der Waals surface area contributed by atoms with Crippen molar-refractivity contribution in [2.75, 3.05) is 0 Å². The van der Waals surface area contributed by atoms with Crippen molar-refractivity contribution < 1.29 is 14.3 Å². The van der Waals surface area contributed by atoms with Crippen LogP contribution in [0.15, 0.2) is 30.3 Å². The fourth-order valence-corrected chi connectivity index (χ4v) is 3.19. The molecule has 3 rings (SSSR count). The van der Waals surface area contributed by atoms with Crippen LogP contribution in [0.2, 0.25) is 5.15 Å². The Labute approximate surface area is 121 Å². The van der Waals surface area contributed by atoms with E-state index in [9.17, 15) is 9.18 Å². The van der Waals surface area contributed by atoms with Crippen LogP contribution in [0.3, 0.4) is 0 Å². The van der Waals surface area contributed by atoms with E-state index in [2.05, 4.69) is 10.2 Å². The van der Waals surface area contributed by atoms with Gasteiger partial charge in [-0.15, -0.1) is 21.5 Å². The van der Waals surface area contributed by atoms with Gasteiger partial charge in [0.1, 0.15) is 5.82 Å². The van der Waals surface area contributed by atoms with Gasteiger partial charge in [0.05, 0.1) is 4.70 Å². The molecule has 0 atom stereocenters. The lowest BCUT2D eigenvalue weighted by Crippen LogP contribution is -2.01. The van der Waals surface area contributed by atoms with Gasteiger partial charge in [-0.05, 0) is 23.8 Å². The van der Waals surface area contributed by atoms with E-state index in [0.29, 0.717) is 10.1 Å². The Kier molecular flexibility index (Phi) is 3.11. The molecule has 0 saturated carbocycles. The third-order valence-electron chi connectivity index (χ3n) is 2.74. The van der Waals surface area contributed by atoms with Crippen LogP contribution >= 0.6 is 22.9 Å². The first-order valence-corrected chi connectivity index (χ1v) is 6.70. The van der Waals surface area contributed by atoms with Crippen molar-refractivity contribution in [3.63, 3.8) is 0 Å². The Bertz CT molecular complexity index is 817. The number of benzene rings is 1. The summed E-state index contributed by atoms with van der Waals surface area (Å²) < 4.78 is 13.4. The van der Waals surface area contributed by atoms with Gasteiger partial charge in [-0.25, -0.2) is 9.18 Å². The summed E-state index contributed by atoms with van der Waals surface area (Å²) in [5, 5.41) is 17.0. The molecule has 0 bridgehead atoms. The van der Waals surface area contributed by atoms with E-state index in [1.54, 1.807) is 18.2 Å². The second-order valence-electron chi connectivity index (χ2n) is 4.00. The summed E-state index contributed by atoms with van der Waals surface area (Å²) in [4.78, 5) is 11.9. The van der Waals surface area contributed by atoms with E-state index in [-0.39, 0.29) is 16.7 Å². The molecule has 4 nitrogen and oxygen atoms in total. The van der Waals surface area contributed by atoms with Crippen LogP contribution in [-0.4, -0.2) is 21.3 Å². The lowest BCUT2D eigenvalue weighted by atomic mass is 10.2. The molecule has 0 aliphatic heterocycles. The molecule has 20 heavy (non-hydrogen) atoms. The van der Waals surface area contributed by atoms with Gasteiger partial charge in [0.25, 0.3) is 0 Å². The highest BCUT2D eigenvalue weighted by Crippen LogP contribution is 2.37. The van der Waals surface area contributed by atoms with Gasteiger partial charge in [0, 0.05) is 10.3 Å². The van der Waals surface area contributed by atoms with Crippen molar-refractivity contribution in [2.45, 2.75) is 0 Å². The zero-order valence-corrected chi connectivity index (χ0v) is 11.4. The Morgan fingerprint density at radius 3 is 2.60 bits per heavy atom. The Balaban J connectivity index is 2.24. The molecule has 7 heteroatoms. The maximum absolute atomic E-state index is 12.9. The maximum Gasteiger partial charge on any atom is 0.357 e. The quantitative estimate of drug-likeness (QED) is 0.781. The van der Waals surface area contributed by atoms with Crippen LogP contribution in [-0.2, 0) is 0 Å². The molecule has 0 aliphatic carbocycles. The third-order valence-corrected chi connectivity index (χ3v) is 4.21. The lowest BCUT2D eigenvalue weighted by molar-refractivity contribution is 0.0692. The number of aromatic nitrogens is 2. The number of hydrogen-bond acceptors (Lipinski definition) is 4. The molecule has 0 aliphatic rings. The predicted molar refractivity (Wildman–Crippen MR) is 74.8 cm³/mol. The number of hydrogen-bond donors (Lipinski definition) is 1. The van der Waals surface area contributed by atoms with Crippen LogP contribution in [0.5, 0.6) is 0 Å². The number of carboxylic acid groups (broad SMARTS) is 1. The monoisotopic (exact) mass is 308 g/mol. The molecule has 0 fully saturated rings. The van der Waals surface area contributed by atoms with Gasteiger partial charge in [-0.2, -0.15) is 0 Å². The summed E-state index contributed by atoms with van der Waals surface area (Å²) in [6.07, 6.45) is 0. The fourth-order valence-electron chi connectivity index (χ4n) is 1.81. The summed E-state index contributed by atoms with van der Waals surface area (Å²) in [5.41, 5.74) is 0.641. The average Bonchev–Trinajstić information content (AvgIpc) is 2.85. The maximum atomic E-state index is 12.9. The number of carboxylic acids is 1. The largest absolute Gasteiger partial charge is 0.476 e. The van der Waals surface area contributed by atoms with Crippen LogP contribution in [0.1, 0.15) is 10.5 Å². The highest BCUT2D eigenvalue weighted by molar-refractivity contribution is 7.22. The normalized spacial score (nSPS) is 10.9. The van der Waals surface area contributed by atoms with Gasteiger partial charge < -0.3 is 5.11 Å². The van der Waals surface area contributed by atoms with Crippen molar-refractivity contribution in [3.8, 4) is 10.4 Å². The molecule has 1 aromatic carbocycles. The SMILES string of the molecule is O=C(O)c1nnc(Cl)c2cc(-c3ccc(F)cc3)sc12. The molecule has 1 N–H and O–H groups in total. The molecule has 0 amide bonds. The van der Waals surface area contributed by atoms with E-state index in [0.717, 1.165) is 10.4 Å². The zero-order valence-electron chi connectivity index (χ0n) is 9.80. The Hall–Kier alpha value is -2.05. The fraction of sp³-hybridized carbons (Fsp3) is 0. The molecule has 0 radical (unpaired) electrons. The van der Waals surface area contributed by atoms with Crippen LogP contribution in [0, 0.1) is 5.82 Å². The molecule has 2 aromatic heterocycles. The number of halogens is 2. The summed E-state index contributed by atoms with van der Waals surface area (Å²) in [6.45, 7) is 0. The van der Waals surface area contributed by atoms with E-state index in [1.807, 2.05) is 0 Å². The molecular weight excluding hydrogens is 303 g/mol. The predicted octanol–water partition coefficient (Wildman–Crippen LogP) is 3.85. The molecule has 0 saturated heterocycles. The molecule has 3 aromatic rings. The number of nitrogens with zero attached hydrogens (tertiary/aromatic N) is 2. The van der Waals surface area contributed by atoms with Gasteiger partial charge in [0.2, 0.25) is 0 Å². The van der Waals surface area contributed by atoms with E-state index in [4.69, 9.17) is 16.7 Å². The summed E-state index contributed by atoms with van der Waals surface area (Å²) in [5.74, 6) is -1.49. The summed E-state index contributed by atoms with van der Waals surface area (Å²) >= 11 is 7.17.